The number of hydrogen-bond acceptors (Lipinski definition) is 2. The third-order valence-corrected chi connectivity index (χ3v) is 2.35. The molecule has 0 aliphatic carbocycles. The molecule has 17 heavy (non-hydrogen) atoms. The molecule has 0 atom stereocenters. The monoisotopic (exact) mass is 236 g/mol. The van der Waals surface area contributed by atoms with Gasteiger partial charge in [0, 0.05) is 18.0 Å². The summed E-state index contributed by atoms with van der Waals surface area (Å²) in [5.74, 6) is -3.09. The fourth-order valence-corrected chi connectivity index (χ4v) is 1.49. The van der Waals surface area contributed by atoms with Crippen LogP contribution in [0, 0.1) is 0 Å². The van der Waals surface area contributed by atoms with Gasteiger partial charge in [0.15, 0.2) is 0 Å². The minimum absolute atomic E-state index is 0.115. The molecule has 0 fully saturated rings. The van der Waals surface area contributed by atoms with E-state index >= 15 is 0 Å². The van der Waals surface area contributed by atoms with Crippen molar-refractivity contribution in [3.05, 3.63) is 64.8 Å². The van der Waals surface area contributed by atoms with Gasteiger partial charge in [0.1, 0.15) is 0 Å². The molecule has 3 nitrogen and oxygen atoms in total. The Hall–Kier alpha value is -2.04. The molecule has 5 heteroatoms. The smallest absolute Gasteiger partial charge is 0.293 e. The summed E-state index contributed by atoms with van der Waals surface area (Å²) in [7, 11) is 0. The van der Waals surface area contributed by atoms with E-state index in [-0.39, 0.29) is 5.56 Å². The second kappa shape index (κ2) is 4.45. The molecule has 88 valence electrons. The molecule has 0 aliphatic heterocycles. The van der Waals surface area contributed by atoms with Crippen molar-refractivity contribution in [1.29, 1.82) is 0 Å². The van der Waals surface area contributed by atoms with E-state index in [1.165, 1.54) is 42.7 Å². The molecule has 0 radical (unpaired) electrons. The second-order valence-electron chi connectivity index (χ2n) is 3.60. The van der Waals surface area contributed by atoms with Crippen molar-refractivity contribution in [2.24, 2.45) is 0 Å². The maximum atomic E-state index is 13.8. The highest BCUT2D eigenvalue weighted by molar-refractivity contribution is 5.19. The first-order chi connectivity index (χ1) is 8.09. The molecule has 0 N–H and O–H groups in total. The summed E-state index contributed by atoms with van der Waals surface area (Å²) in [6.45, 7) is -0.705. The number of benzene rings is 1. The quantitative estimate of drug-likeness (QED) is 0.817. The average Bonchev–Trinajstić information content (AvgIpc) is 2.33. The van der Waals surface area contributed by atoms with Crippen molar-refractivity contribution < 1.29 is 8.78 Å². The number of alkyl halides is 2. The van der Waals surface area contributed by atoms with E-state index < -0.39 is 18.2 Å². The first kappa shape index (κ1) is 11.4. The van der Waals surface area contributed by atoms with Crippen LogP contribution in [0.15, 0.2) is 53.6 Å². The normalized spacial score (nSPS) is 11.4. The Morgan fingerprint density at radius 2 is 1.88 bits per heavy atom. The number of nitrogens with zero attached hydrogens (tertiary/aromatic N) is 2. The summed E-state index contributed by atoms with van der Waals surface area (Å²) in [6.07, 6.45) is 2.58. The predicted octanol–water partition coefficient (Wildman–Crippen LogP) is 2.04. The predicted molar refractivity (Wildman–Crippen MR) is 58.8 cm³/mol. The van der Waals surface area contributed by atoms with E-state index in [2.05, 4.69) is 4.98 Å². The molecular formula is C12H10F2N2O. The molecule has 1 aromatic carbocycles. The van der Waals surface area contributed by atoms with Crippen LogP contribution in [0.25, 0.3) is 0 Å². The van der Waals surface area contributed by atoms with Gasteiger partial charge in [0.25, 0.3) is 5.92 Å². The molecule has 0 unspecified atom stereocenters. The number of halogens is 2. The van der Waals surface area contributed by atoms with Crippen LogP contribution in [0.2, 0.25) is 0 Å². The van der Waals surface area contributed by atoms with Crippen LogP contribution in [-0.4, -0.2) is 9.55 Å². The minimum Gasteiger partial charge on any atom is -0.293 e. The van der Waals surface area contributed by atoms with Gasteiger partial charge in [-0.1, -0.05) is 30.3 Å². The van der Waals surface area contributed by atoms with E-state index in [1.54, 1.807) is 6.07 Å². The van der Waals surface area contributed by atoms with Crippen LogP contribution in [-0.2, 0) is 12.5 Å². The third kappa shape index (κ3) is 2.55. The zero-order valence-electron chi connectivity index (χ0n) is 8.88. The highest BCUT2D eigenvalue weighted by Gasteiger charge is 2.32. The van der Waals surface area contributed by atoms with Crippen molar-refractivity contribution in [3.63, 3.8) is 0 Å². The van der Waals surface area contributed by atoms with Gasteiger partial charge in [-0.3, -0.25) is 4.57 Å². The van der Waals surface area contributed by atoms with Crippen molar-refractivity contribution in [2.75, 3.05) is 0 Å². The Bertz CT molecular complexity index is 552. The van der Waals surface area contributed by atoms with Crippen LogP contribution in [0.4, 0.5) is 8.78 Å². The Labute approximate surface area is 96.4 Å². The van der Waals surface area contributed by atoms with Crippen LogP contribution in [0.1, 0.15) is 5.56 Å². The molecule has 0 aliphatic rings. The third-order valence-electron chi connectivity index (χ3n) is 2.35. The lowest BCUT2D eigenvalue weighted by atomic mass is 10.1. The number of aromatic nitrogens is 2. The van der Waals surface area contributed by atoms with E-state index in [0.29, 0.717) is 0 Å². The second-order valence-corrected chi connectivity index (χ2v) is 3.60. The number of rotatable bonds is 3. The van der Waals surface area contributed by atoms with Gasteiger partial charge in [-0.05, 0) is 6.07 Å². The summed E-state index contributed by atoms with van der Waals surface area (Å²) in [5.41, 5.74) is -0.793. The molecule has 1 aromatic heterocycles. The maximum Gasteiger partial charge on any atom is 0.347 e. The van der Waals surface area contributed by atoms with Crippen LogP contribution < -0.4 is 5.69 Å². The summed E-state index contributed by atoms with van der Waals surface area (Å²) in [5, 5.41) is 0. The Kier molecular flexibility index (Phi) is 2.99. The van der Waals surface area contributed by atoms with Gasteiger partial charge in [-0.2, -0.15) is 8.78 Å². The van der Waals surface area contributed by atoms with Crippen molar-refractivity contribution >= 4 is 0 Å². The summed E-state index contributed by atoms with van der Waals surface area (Å²) in [4.78, 5) is 14.7. The Morgan fingerprint density at radius 3 is 2.53 bits per heavy atom. The molecule has 2 aromatic rings. The summed E-state index contributed by atoms with van der Waals surface area (Å²) in [6, 6.07) is 8.85. The van der Waals surface area contributed by atoms with E-state index in [9.17, 15) is 13.6 Å². The molecule has 0 bridgehead atoms. The highest BCUT2D eigenvalue weighted by atomic mass is 19.3. The molecule has 1 heterocycles. The molecule has 0 saturated carbocycles. The lowest BCUT2D eigenvalue weighted by Gasteiger charge is -2.17. The first-order valence-corrected chi connectivity index (χ1v) is 5.04. The van der Waals surface area contributed by atoms with Crippen molar-refractivity contribution in [3.8, 4) is 0 Å². The maximum absolute atomic E-state index is 13.8. The van der Waals surface area contributed by atoms with Gasteiger partial charge < -0.3 is 0 Å². The molecule has 0 amide bonds. The van der Waals surface area contributed by atoms with Gasteiger partial charge in [-0.25, -0.2) is 9.78 Å². The highest BCUT2D eigenvalue weighted by Crippen LogP contribution is 2.28. The lowest BCUT2D eigenvalue weighted by molar-refractivity contribution is -0.0234. The van der Waals surface area contributed by atoms with Crippen molar-refractivity contribution in [2.45, 2.75) is 12.5 Å². The van der Waals surface area contributed by atoms with Crippen LogP contribution in [0.5, 0.6) is 0 Å². The van der Waals surface area contributed by atoms with E-state index in [0.717, 1.165) is 4.57 Å². The molecule has 0 spiro atoms. The molecule has 2 rings (SSSR count). The first-order valence-electron chi connectivity index (χ1n) is 5.04. The van der Waals surface area contributed by atoms with Gasteiger partial charge in [0.05, 0.1) is 6.54 Å². The van der Waals surface area contributed by atoms with Gasteiger partial charge >= 0.3 is 5.69 Å². The van der Waals surface area contributed by atoms with Gasteiger partial charge in [-0.15, -0.1) is 0 Å². The zero-order valence-corrected chi connectivity index (χ0v) is 8.88. The van der Waals surface area contributed by atoms with Gasteiger partial charge in [0.2, 0.25) is 0 Å². The zero-order chi connectivity index (χ0) is 12.3. The minimum atomic E-state index is -3.09. The lowest BCUT2D eigenvalue weighted by Crippen LogP contribution is -2.30. The van der Waals surface area contributed by atoms with E-state index in [1.807, 2.05) is 0 Å². The molecular weight excluding hydrogens is 226 g/mol. The fraction of sp³-hybridized carbons (Fsp3) is 0.167. The standard InChI is InChI=1S/C12H10F2N2O/c13-12(14,10-5-2-1-3-6-10)9-16-8-4-7-15-11(16)17/h1-8H,9H2. The largest absolute Gasteiger partial charge is 0.347 e. The van der Waals surface area contributed by atoms with E-state index in [4.69, 9.17) is 0 Å². The SMILES string of the molecule is O=c1ncccn1CC(F)(F)c1ccccc1. The topological polar surface area (TPSA) is 34.9 Å². The van der Waals surface area contributed by atoms with Crippen LogP contribution in [0.3, 0.4) is 0 Å². The summed E-state index contributed by atoms with van der Waals surface area (Å²) >= 11 is 0. The Balaban J connectivity index is 2.30. The number of hydrogen-bond donors (Lipinski definition) is 0. The average molecular weight is 236 g/mol. The van der Waals surface area contributed by atoms with Crippen LogP contribution >= 0.6 is 0 Å². The van der Waals surface area contributed by atoms with Crippen molar-refractivity contribution in [1.82, 2.24) is 9.55 Å². The fourth-order valence-electron chi connectivity index (χ4n) is 1.49. The molecule has 0 saturated heterocycles. The Morgan fingerprint density at radius 1 is 1.18 bits per heavy atom. The summed E-state index contributed by atoms with van der Waals surface area (Å²) < 4.78 is 28.6.